The first-order valence-electron chi connectivity index (χ1n) is 4.83. The topological polar surface area (TPSA) is 23.6 Å². The summed E-state index contributed by atoms with van der Waals surface area (Å²) in [4.78, 5) is 15.9. The van der Waals surface area contributed by atoms with Crippen LogP contribution in [0.25, 0.3) is 0 Å². The number of carbonyl (C=O) groups is 1. The van der Waals surface area contributed by atoms with Crippen LogP contribution in [0, 0.1) is 0 Å². The molecule has 0 unspecified atom stereocenters. The average Bonchev–Trinajstić information content (AvgIpc) is 2.31. The van der Waals surface area contributed by atoms with Crippen LogP contribution in [-0.4, -0.2) is 47.9 Å². The van der Waals surface area contributed by atoms with E-state index in [4.69, 9.17) is 0 Å². The Morgan fingerprint density at radius 2 is 2.08 bits per heavy atom. The second-order valence-electron chi connectivity index (χ2n) is 3.69. The van der Waals surface area contributed by atoms with E-state index in [-0.39, 0.29) is 0 Å². The Morgan fingerprint density at radius 1 is 1.42 bits per heavy atom. The molecule has 3 nitrogen and oxygen atoms in total. The van der Waals surface area contributed by atoms with Gasteiger partial charge in [-0.15, -0.1) is 0 Å². The Morgan fingerprint density at radius 3 is 2.67 bits per heavy atom. The first-order valence-corrected chi connectivity index (χ1v) is 4.83. The summed E-state index contributed by atoms with van der Waals surface area (Å²) in [5.41, 5.74) is 0. The van der Waals surface area contributed by atoms with Crippen LogP contribution in [0.4, 0.5) is 0 Å². The molecule has 0 radical (unpaired) electrons. The SMILES string of the molecule is CCN1C(=O)CN2CCC1CC2. The van der Waals surface area contributed by atoms with Gasteiger partial charge in [0.2, 0.25) is 5.91 Å². The summed E-state index contributed by atoms with van der Waals surface area (Å²) in [7, 11) is 0. The molecule has 1 amide bonds. The van der Waals surface area contributed by atoms with Gasteiger partial charge in [0.05, 0.1) is 6.54 Å². The summed E-state index contributed by atoms with van der Waals surface area (Å²) in [6.45, 7) is 5.85. The molecule has 3 rings (SSSR count). The van der Waals surface area contributed by atoms with Crippen molar-refractivity contribution in [2.45, 2.75) is 25.8 Å². The zero-order valence-corrected chi connectivity index (χ0v) is 7.62. The lowest BCUT2D eigenvalue weighted by Crippen LogP contribution is -2.39. The number of rotatable bonds is 1. The lowest BCUT2D eigenvalue weighted by atomic mass is 10.1. The molecule has 3 heterocycles. The molecule has 0 aromatic carbocycles. The van der Waals surface area contributed by atoms with Crippen LogP contribution in [0.15, 0.2) is 0 Å². The third-order valence-electron chi connectivity index (χ3n) is 3.02. The number of fused-ring (bicyclic) bond motifs is 4. The Balaban J connectivity index is 2.16. The van der Waals surface area contributed by atoms with Crippen molar-refractivity contribution in [3.05, 3.63) is 0 Å². The number of hydrogen-bond donors (Lipinski definition) is 0. The number of amides is 1. The number of carbonyl (C=O) groups excluding carboxylic acids is 1. The fourth-order valence-electron chi connectivity index (χ4n) is 2.31. The molecular formula is C9H16N2O. The highest BCUT2D eigenvalue weighted by Gasteiger charge is 2.32. The summed E-state index contributed by atoms with van der Waals surface area (Å²) in [5.74, 6) is 0.331. The van der Waals surface area contributed by atoms with E-state index in [1.807, 2.05) is 4.90 Å². The molecule has 3 saturated heterocycles. The molecule has 12 heavy (non-hydrogen) atoms. The molecule has 0 aliphatic carbocycles. The van der Waals surface area contributed by atoms with Gasteiger partial charge in [0.25, 0.3) is 0 Å². The molecule has 0 spiro atoms. The van der Waals surface area contributed by atoms with Crippen LogP contribution in [0.3, 0.4) is 0 Å². The summed E-state index contributed by atoms with van der Waals surface area (Å²) < 4.78 is 0. The minimum Gasteiger partial charge on any atom is -0.339 e. The zero-order valence-electron chi connectivity index (χ0n) is 7.62. The van der Waals surface area contributed by atoms with Gasteiger partial charge in [0.1, 0.15) is 0 Å². The van der Waals surface area contributed by atoms with Gasteiger partial charge in [-0.1, -0.05) is 0 Å². The smallest absolute Gasteiger partial charge is 0.236 e. The molecule has 2 bridgehead atoms. The predicted molar refractivity (Wildman–Crippen MR) is 46.8 cm³/mol. The van der Waals surface area contributed by atoms with Crippen LogP contribution >= 0.6 is 0 Å². The maximum Gasteiger partial charge on any atom is 0.236 e. The van der Waals surface area contributed by atoms with Crippen molar-refractivity contribution in [3.63, 3.8) is 0 Å². The lowest BCUT2D eigenvalue weighted by Gasteiger charge is -2.30. The summed E-state index contributed by atoms with van der Waals surface area (Å²) in [6, 6.07) is 0.543. The van der Waals surface area contributed by atoms with Crippen molar-refractivity contribution in [1.82, 2.24) is 9.80 Å². The van der Waals surface area contributed by atoms with Crippen molar-refractivity contribution >= 4 is 5.91 Å². The van der Waals surface area contributed by atoms with Crippen molar-refractivity contribution in [3.8, 4) is 0 Å². The van der Waals surface area contributed by atoms with E-state index in [1.54, 1.807) is 0 Å². The number of nitrogens with zero attached hydrogens (tertiary/aromatic N) is 2. The van der Waals surface area contributed by atoms with E-state index in [1.165, 1.54) is 12.8 Å². The highest BCUT2D eigenvalue weighted by Crippen LogP contribution is 2.20. The van der Waals surface area contributed by atoms with E-state index >= 15 is 0 Å². The van der Waals surface area contributed by atoms with Crippen LogP contribution in [0.5, 0.6) is 0 Å². The summed E-state index contributed by atoms with van der Waals surface area (Å²) in [5, 5.41) is 0. The number of hydrogen-bond acceptors (Lipinski definition) is 2. The standard InChI is InChI=1S/C9H16N2O/c1-2-11-8-3-5-10(6-4-8)7-9(11)12/h8H,2-7H2,1H3. The van der Waals surface area contributed by atoms with Crippen LogP contribution in [0.1, 0.15) is 19.8 Å². The molecule has 3 fully saturated rings. The van der Waals surface area contributed by atoms with Gasteiger partial charge in [0, 0.05) is 25.7 Å². The Labute approximate surface area is 73.3 Å². The fourth-order valence-corrected chi connectivity index (χ4v) is 2.31. The van der Waals surface area contributed by atoms with Gasteiger partial charge in [-0.05, 0) is 19.8 Å². The molecule has 3 aliphatic heterocycles. The van der Waals surface area contributed by atoms with Crippen molar-refractivity contribution in [1.29, 1.82) is 0 Å². The van der Waals surface area contributed by atoms with E-state index < -0.39 is 0 Å². The van der Waals surface area contributed by atoms with Crippen LogP contribution in [0.2, 0.25) is 0 Å². The molecule has 68 valence electrons. The first kappa shape index (κ1) is 8.05. The largest absolute Gasteiger partial charge is 0.339 e. The second kappa shape index (κ2) is 3.05. The monoisotopic (exact) mass is 168 g/mol. The molecule has 0 N–H and O–H groups in total. The third kappa shape index (κ3) is 1.22. The van der Waals surface area contributed by atoms with Gasteiger partial charge in [-0.25, -0.2) is 0 Å². The van der Waals surface area contributed by atoms with Gasteiger partial charge in [0.15, 0.2) is 0 Å². The van der Waals surface area contributed by atoms with Crippen LogP contribution < -0.4 is 0 Å². The molecular weight excluding hydrogens is 152 g/mol. The molecule has 3 aliphatic rings. The normalized spacial score (nSPS) is 35.4. The third-order valence-corrected chi connectivity index (χ3v) is 3.02. The van der Waals surface area contributed by atoms with Crippen LogP contribution in [-0.2, 0) is 4.79 Å². The molecule has 3 heteroatoms. The Bertz CT molecular complexity index is 185. The number of likely N-dealkylation sites (N-methyl/N-ethyl adjacent to an activating group) is 1. The minimum absolute atomic E-state index is 0.331. The van der Waals surface area contributed by atoms with Gasteiger partial charge in [-0.2, -0.15) is 0 Å². The van der Waals surface area contributed by atoms with Crippen molar-refractivity contribution in [2.24, 2.45) is 0 Å². The lowest BCUT2D eigenvalue weighted by molar-refractivity contribution is -0.131. The van der Waals surface area contributed by atoms with Crippen molar-refractivity contribution in [2.75, 3.05) is 26.2 Å². The molecule has 0 saturated carbocycles. The number of piperidine rings is 1. The van der Waals surface area contributed by atoms with E-state index in [0.29, 0.717) is 18.5 Å². The maximum absolute atomic E-state index is 11.6. The van der Waals surface area contributed by atoms with Crippen molar-refractivity contribution < 1.29 is 4.79 Å². The first-order chi connectivity index (χ1) is 5.81. The summed E-state index contributed by atoms with van der Waals surface area (Å²) in [6.07, 6.45) is 2.36. The predicted octanol–water partition coefficient (Wildman–Crippen LogP) is 0.313. The highest BCUT2D eigenvalue weighted by atomic mass is 16.2. The molecule has 0 atom stereocenters. The quantitative estimate of drug-likeness (QED) is 0.562. The van der Waals surface area contributed by atoms with E-state index in [0.717, 1.165) is 19.6 Å². The van der Waals surface area contributed by atoms with E-state index in [2.05, 4.69) is 11.8 Å². The highest BCUT2D eigenvalue weighted by molar-refractivity contribution is 5.79. The summed E-state index contributed by atoms with van der Waals surface area (Å²) >= 11 is 0. The Hall–Kier alpha value is -0.570. The minimum atomic E-state index is 0.331. The average molecular weight is 168 g/mol. The molecule has 0 aromatic rings. The maximum atomic E-state index is 11.6. The fraction of sp³-hybridized carbons (Fsp3) is 0.889. The Kier molecular flexibility index (Phi) is 2.05. The van der Waals surface area contributed by atoms with E-state index in [9.17, 15) is 4.79 Å². The second-order valence-corrected chi connectivity index (χ2v) is 3.69. The van der Waals surface area contributed by atoms with Gasteiger partial charge in [-0.3, -0.25) is 9.69 Å². The zero-order chi connectivity index (χ0) is 8.55. The van der Waals surface area contributed by atoms with Gasteiger partial charge < -0.3 is 4.90 Å². The van der Waals surface area contributed by atoms with Gasteiger partial charge >= 0.3 is 0 Å². The molecule has 0 aromatic heterocycles.